The van der Waals surface area contributed by atoms with Gasteiger partial charge in [-0.05, 0) is 62.8 Å². The van der Waals surface area contributed by atoms with E-state index < -0.39 is 16.6 Å². The maximum atomic E-state index is 13.8. The van der Waals surface area contributed by atoms with E-state index in [1.54, 1.807) is 25.3 Å². The number of imidazole rings is 1. The molecule has 4 aromatic rings. The minimum absolute atomic E-state index is 0.0222. The fraction of sp³-hybridized carbons (Fsp3) is 0.500. The van der Waals surface area contributed by atoms with Crippen LogP contribution in [0.25, 0.3) is 28.1 Å². The van der Waals surface area contributed by atoms with Gasteiger partial charge in [-0.3, -0.25) is 9.20 Å². The number of ether oxygens (including phenoxy) is 1. The van der Waals surface area contributed by atoms with Gasteiger partial charge in [0, 0.05) is 42.2 Å². The Kier molecular flexibility index (Phi) is 7.77. The number of methoxy groups -OCH3 is 1. The summed E-state index contributed by atoms with van der Waals surface area (Å²) in [5.41, 5.74) is 9.80. The second-order valence-electron chi connectivity index (χ2n) is 11.8. The van der Waals surface area contributed by atoms with Crippen LogP contribution in [0.1, 0.15) is 55.1 Å². The molecule has 44 heavy (non-hydrogen) atoms. The highest BCUT2D eigenvalue weighted by Crippen LogP contribution is 2.38. The van der Waals surface area contributed by atoms with E-state index in [0.29, 0.717) is 58.5 Å². The van der Waals surface area contributed by atoms with Crippen molar-refractivity contribution >= 4 is 38.4 Å². The molecule has 11 nitrogen and oxygen atoms in total. The number of hydrogen-bond donors (Lipinski definition) is 1. The largest absolute Gasteiger partial charge is 0.482 e. The Morgan fingerprint density at radius 3 is 2.57 bits per heavy atom. The summed E-state index contributed by atoms with van der Waals surface area (Å²) in [4.78, 5) is 25.0. The monoisotopic (exact) mass is 629 g/mol. The van der Waals surface area contributed by atoms with E-state index >= 15 is 0 Å². The number of sulfonamides is 1. The van der Waals surface area contributed by atoms with Crippen molar-refractivity contribution in [3.63, 3.8) is 0 Å². The van der Waals surface area contributed by atoms with E-state index in [2.05, 4.69) is 11.9 Å². The third-order valence-corrected chi connectivity index (χ3v) is 9.75. The van der Waals surface area contributed by atoms with Crippen molar-refractivity contribution in [2.24, 2.45) is 11.7 Å². The minimum atomic E-state index is -4.27. The van der Waals surface area contributed by atoms with Crippen molar-refractivity contribution in [2.45, 2.75) is 71.1 Å². The molecule has 5 heterocycles. The van der Waals surface area contributed by atoms with Gasteiger partial charge in [-0.2, -0.15) is 13.1 Å². The van der Waals surface area contributed by atoms with Crippen LogP contribution in [0.5, 0.6) is 5.88 Å². The quantitative estimate of drug-likeness (QED) is 0.258. The van der Waals surface area contributed by atoms with Crippen LogP contribution >= 0.6 is 0 Å². The van der Waals surface area contributed by atoms with Crippen LogP contribution in [0.2, 0.25) is 0 Å². The number of amides is 1. The molecular weight excluding hydrogens is 592 g/mol. The Balaban J connectivity index is 1.47. The van der Waals surface area contributed by atoms with Gasteiger partial charge in [0.15, 0.2) is 5.88 Å². The zero-order chi connectivity index (χ0) is 31.5. The second-order valence-corrected chi connectivity index (χ2v) is 13.7. The van der Waals surface area contributed by atoms with Crippen LogP contribution < -0.4 is 14.8 Å². The summed E-state index contributed by atoms with van der Waals surface area (Å²) in [6.07, 6.45) is 5.28. The molecule has 1 aliphatic heterocycles. The first-order valence-corrected chi connectivity index (χ1v) is 16.7. The SMILES string of the molecule is CCCC1[C@@H](N)CCN1C(=O)c1cc(OC)n2c(C)c(-c3cc4ccc(N(C(F)F)S(C)(=O)=O)nc4n3CC3CC3)nc2c1. The van der Waals surface area contributed by atoms with Gasteiger partial charge in [-0.25, -0.2) is 18.4 Å². The number of nitrogens with two attached hydrogens (primary N) is 1. The van der Waals surface area contributed by atoms with Crippen molar-refractivity contribution in [1.29, 1.82) is 0 Å². The lowest BCUT2D eigenvalue weighted by atomic mass is 10.0. The average Bonchev–Trinajstić information content (AvgIpc) is 3.50. The number of aryl methyl sites for hydroxylation is 1. The number of anilines is 1. The number of carbonyl (C=O) groups is 1. The summed E-state index contributed by atoms with van der Waals surface area (Å²) in [6.45, 7) is 1.87. The maximum Gasteiger partial charge on any atom is 0.329 e. The Morgan fingerprint density at radius 1 is 1.18 bits per heavy atom. The van der Waals surface area contributed by atoms with E-state index in [0.717, 1.165) is 44.1 Å². The van der Waals surface area contributed by atoms with Crippen LogP contribution in [-0.4, -0.2) is 76.7 Å². The van der Waals surface area contributed by atoms with Crippen molar-refractivity contribution in [2.75, 3.05) is 24.2 Å². The molecule has 0 aromatic carbocycles. The van der Waals surface area contributed by atoms with Crippen molar-refractivity contribution < 1.29 is 26.7 Å². The summed E-state index contributed by atoms with van der Waals surface area (Å²) < 4.78 is 61.5. The van der Waals surface area contributed by atoms with E-state index in [9.17, 15) is 22.0 Å². The summed E-state index contributed by atoms with van der Waals surface area (Å²) >= 11 is 0. The summed E-state index contributed by atoms with van der Waals surface area (Å²) in [7, 11) is -2.73. The number of pyridine rings is 2. The summed E-state index contributed by atoms with van der Waals surface area (Å²) in [5, 5.41) is 0.666. The van der Waals surface area contributed by atoms with Gasteiger partial charge in [-0.15, -0.1) is 0 Å². The molecule has 0 bridgehead atoms. The minimum Gasteiger partial charge on any atom is -0.482 e. The molecule has 2 atom stereocenters. The van der Waals surface area contributed by atoms with Crippen LogP contribution in [0, 0.1) is 12.8 Å². The Morgan fingerprint density at radius 2 is 1.93 bits per heavy atom. The number of nitrogens with zero attached hydrogens (tertiary/aromatic N) is 6. The first-order valence-electron chi connectivity index (χ1n) is 14.8. The fourth-order valence-corrected chi connectivity index (χ4v) is 7.08. The molecule has 1 amide bonds. The number of fused-ring (bicyclic) bond motifs is 2. The lowest BCUT2D eigenvalue weighted by Crippen LogP contribution is -2.42. The van der Waals surface area contributed by atoms with Gasteiger partial charge in [0.2, 0.25) is 10.0 Å². The van der Waals surface area contributed by atoms with Crippen LogP contribution in [0.4, 0.5) is 14.6 Å². The molecule has 236 valence electrons. The van der Waals surface area contributed by atoms with E-state index in [4.69, 9.17) is 15.5 Å². The molecule has 2 aliphatic rings. The highest BCUT2D eigenvalue weighted by Gasteiger charge is 2.35. The molecule has 1 unspecified atom stereocenters. The molecule has 4 aromatic heterocycles. The van der Waals surface area contributed by atoms with Gasteiger partial charge < -0.3 is 19.9 Å². The van der Waals surface area contributed by atoms with Gasteiger partial charge in [0.05, 0.1) is 24.8 Å². The smallest absolute Gasteiger partial charge is 0.329 e. The molecule has 2 N–H and O–H groups in total. The molecular formula is C30H37F2N7O4S. The van der Waals surface area contributed by atoms with E-state index in [-0.39, 0.29) is 28.1 Å². The van der Waals surface area contributed by atoms with Crippen molar-refractivity contribution in [3.8, 4) is 17.3 Å². The highest BCUT2D eigenvalue weighted by atomic mass is 32.2. The van der Waals surface area contributed by atoms with Crippen LogP contribution in [0.15, 0.2) is 30.3 Å². The van der Waals surface area contributed by atoms with Crippen LogP contribution in [-0.2, 0) is 16.6 Å². The number of rotatable bonds is 10. The van der Waals surface area contributed by atoms with Gasteiger partial charge in [-0.1, -0.05) is 13.3 Å². The maximum absolute atomic E-state index is 13.8. The Labute approximate surface area is 254 Å². The zero-order valence-corrected chi connectivity index (χ0v) is 26.0. The second kappa shape index (κ2) is 11.3. The summed E-state index contributed by atoms with van der Waals surface area (Å²) in [6, 6.07) is 8.16. The van der Waals surface area contributed by atoms with Gasteiger partial charge >= 0.3 is 6.55 Å². The lowest BCUT2D eigenvalue weighted by Gasteiger charge is -2.26. The number of halogens is 2. The average molecular weight is 630 g/mol. The van der Waals surface area contributed by atoms with E-state index in [1.165, 1.54) is 6.07 Å². The highest BCUT2D eigenvalue weighted by molar-refractivity contribution is 7.92. The predicted molar refractivity (Wildman–Crippen MR) is 164 cm³/mol. The Hall–Kier alpha value is -3.78. The van der Waals surface area contributed by atoms with Crippen LogP contribution in [0.3, 0.4) is 0 Å². The number of carbonyl (C=O) groups excluding carboxylic acids is 1. The fourth-order valence-electron chi connectivity index (χ4n) is 6.35. The standard InChI is InChI=1S/C30H37F2N7O4S/c1-5-6-22-21(33)11-12-36(22)29(40)20-14-25-34-27(17(2)38(25)26(15-20)43-3)23-13-19-9-10-24(39(30(31)32)44(4,41)42)35-28(19)37(23)16-18-7-8-18/h9-10,13-15,18,21-22,30H,5-8,11-12,16,33H2,1-4H3/t21-,22?/m0/s1. The number of likely N-dealkylation sites (tertiary alicyclic amines) is 1. The normalized spacial score (nSPS) is 19.0. The molecule has 2 fully saturated rings. The third-order valence-electron chi connectivity index (χ3n) is 8.69. The zero-order valence-electron chi connectivity index (χ0n) is 25.2. The third kappa shape index (κ3) is 5.27. The number of alkyl halides is 2. The van der Waals surface area contributed by atoms with E-state index in [1.807, 2.05) is 26.9 Å². The molecule has 6 rings (SSSR count). The first kappa shape index (κ1) is 30.3. The first-order chi connectivity index (χ1) is 20.9. The van der Waals surface area contributed by atoms with Crippen molar-refractivity contribution in [3.05, 3.63) is 41.6 Å². The lowest BCUT2D eigenvalue weighted by molar-refractivity contribution is 0.0723. The molecule has 1 saturated heterocycles. The van der Waals surface area contributed by atoms with Gasteiger partial charge in [0.25, 0.3) is 5.91 Å². The van der Waals surface area contributed by atoms with Crippen molar-refractivity contribution in [1.82, 2.24) is 23.8 Å². The molecule has 0 spiro atoms. The molecule has 1 aliphatic carbocycles. The number of hydrogen-bond acceptors (Lipinski definition) is 7. The molecule has 0 radical (unpaired) electrons. The molecule has 1 saturated carbocycles. The molecule has 14 heteroatoms. The Bertz CT molecular complexity index is 1850. The topological polar surface area (TPSA) is 128 Å². The predicted octanol–water partition coefficient (Wildman–Crippen LogP) is 4.41. The number of aromatic nitrogens is 4. The van der Waals surface area contributed by atoms with Gasteiger partial charge in [0.1, 0.15) is 22.8 Å². The summed E-state index contributed by atoms with van der Waals surface area (Å²) in [5.74, 6) is 0.364.